The summed E-state index contributed by atoms with van der Waals surface area (Å²) in [6.07, 6.45) is -4.58. The number of aryl methyl sites for hydroxylation is 2. The van der Waals surface area contributed by atoms with Crippen molar-refractivity contribution in [2.24, 2.45) is 7.05 Å². The van der Waals surface area contributed by atoms with Crippen molar-refractivity contribution in [2.75, 3.05) is 5.32 Å². The molecule has 0 aliphatic carbocycles. The van der Waals surface area contributed by atoms with E-state index in [9.17, 15) is 28.1 Å². The van der Waals surface area contributed by atoms with Crippen LogP contribution in [0.2, 0.25) is 5.02 Å². The number of rotatable bonds is 5. The molecule has 0 atom stereocenters. The van der Waals surface area contributed by atoms with Crippen molar-refractivity contribution in [2.45, 2.75) is 13.1 Å². The second-order valence-corrected chi connectivity index (χ2v) is 6.80. The fraction of sp³-hybridized carbons (Fsp3) is 0.158. The molecular formula is C19H14ClF3N4O4. The molecule has 0 saturated carbocycles. The summed E-state index contributed by atoms with van der Waals surface area (Å²) >= 11 is 6.08. The van der Waals surface area contributed by atoms with Gasteiger partial charge in [0.15, 0.2) is 0 Å². The number of carbonyl (C=O) groups excluding carboxylic acids is 1. The van der Waals surface area contributed by atoms with Crippen molar-refractivity contribution in [3.8, 4) is 11.5 Å². The van der Waals surface area contributed by atoms with Gasteiger partial charge in [-0.05, 0) is 25.1 Å². The van der Waals surface area contributed by atoms with Crippen LogP contribution in [0.1, 0.15) is 21.7 Å². The number of anilines is 1. The molecule has 0 spiro atoms. The van der Waals surface area contributed by atoms with Gasteiger partial charge in [-0.3, -0.25) is 19.6 Å². The maximum atomic E-state index is 12.9. The molecule has 8 nitrogen and oxygen atoms in total. The maximum Gasteiger partial charge on any atom is 0.416 e. The number of halogens is 4. The lowest BCUT2D eigenvalue weighted by Gasteiger charge is -2.12. The molecule has 1 amide bonds. The number of carbonyl (C=O) groups is 1. The minimum absolute atomic E-state index is 0.0175. The molecule has 1 N–H and O–H groups in total. The summed E-state index contributed by atoms with van der Waals surface area (Å²) in [6, 6.07) is 7.38. The highest BCUT2D eigenvalue weighted by Gasteiger charge is 2.30. The zero-order chi connectivity index (χ0) is 22.9. The van der Waals surface area contributed by atoms with Crippen LogP contribution in [0, 0.1) is 17.0 Å². The van der Waals surface area contributed by atoms with Crippen LogP contribution in [0.4, 0.5) is 24.5 Å². The first kappa shape index (κ1) is 22.1. The standard InChI is InChI=1S/C19H14ClF3N4O4/c1-10-16(20)17(26(2)25-10)18(28)24-12-7-13(27(29)30)9-15(8-12)31-14-5-3-4-11(6-14)19(21,22)23/h3-9H,1-2H3,(H,24,28). The van der Waals surface area contributed by atoms with Gasteiger partial charge in [0.2, 0.25) is 0 Å². The summed E-state index contributed by atoms with van der Waals surface area (Å²) in [6.45, 7) is 1.60. The molecule has 0 saturated heterocycles. The Morgan fingerprint density at radius 2 is 1.94 bits per heavy atom. The third kappa shape index (κ3) is 4.94. The third-order valence-electron chi connectivity index (χ3n) is 4.12. The average Bonchev–Trinajstić information content (AvgIpc) is 2.92. The Labute approximate surface area is 178 Å². The predicted octanol–water partition coefficient (Wildman–Crippen LogP) is 5.35. The number of alkyl halides is 3. The number of nitro benzene ring substituents is 1. The molecule has 3 aromatic rings. The molecule has 162 valence electrons. The van der Waals surface area contributed by atoms with Crippen molar-refractivity contribution < 1.29 is 27.6 Å². The number of amides is 1. The number of nitro groups is 1. The monoisotopic (exact) mass is 454 g/mol. The van der Waals surface area contributed by atoms with Crippen molar-refractivity contribution >= 4 is 28.9 Å². The van der Waals surface area contributed by atoms with E-state index >= 15 is 0 Å². The molecule has 31 heavy (non-hydrogen) atoms. The van der Waals surface area contributed by atoms with Gasteiger partial charge in [-0.15, -0.1) is 0 Å². The van der Waals surface area contributed by atoms with Crippen LogP contribution in [0.15, 0.2) is 42.5 Å². The molecule has 0 aliphatic rings. The van der Waals surface area contributed by atoms with Gasteiger partial charge in [0.25, 0.3) is 11.6 Å². The molecule has 12 heteroatoms. The van der Waals surface area contributed by atoms with E-state index in [-0.39, 0.29) is 27.9 Å². The Balaban J connectivity index is 1.93. The highest BCUT2D eigenvalue weighted by atomic mass is 35.5. The van der Waals surface area contributed by atoms with Gasteiger partial charge in [0.05, 0.1) is 33.0 Å². The fourth-order valence-corrected chi connectivity index (χ4v) is 3.01. The molecule has 0 aliphatic heterocycles. The SMILES string of the molecule is Cc1nn(C)c(C(=O)Nc2cc(Oc3cccc(C(F)(F)F)c3)cc([N+](=O)[O-])c2)c1Cl. The summed E-state index contributed by atoms with van der Waals surface area (Å²) in [5, 5.41) is 17.9. The van der Waals surface area contributed by atoms with Crippen molar-refractivity contribution in [3.05, 3.63) is 74.6 Å². The van der Waals surface area contributed by atoms with Gasteiger partial charge in [-0.25, -0.2) is 0 Å². The summed E-state index contributed by atoms with van der Waals surface area (Å²) in [7, 11) is 1.50. The predicted molar refractivity (Wildman–Crippen MR) is 106 cm³/mol. The van der Waals surface area contributed by atoms with Gasteiger partial charge in [0.1, 0.15) is 17.2 Å². The number of nitrogens with zero attached hydrogens (tertiary/aromatic N) is 3. The topological polar surface area (TPSA) is 99.3 Å². The highest BCUT2D eigenvalue weighted by Crippen LogP contribution is 2.34. The lowest BCUT2D eigenvalue weighted by Crippen LogP contribution is -2.16. The van der Waals surface area contributed by atoms with Crippen LogP contribution in [0.5, 0.6) is 11.5 Å². The van der Waals surface area contributed by atoms with Gasteiger partial charge in [-0.2, -0.15) is 18.3 Å². The Bertz CT molecular complexity index is 1180. The summed E-state index contributed by atoms with van der Waals surface area (Å²) < 4.78 is 45.3. The molecule has 1 aromatic heterocycles. The lowest BCUT2D eigenvalue weighted by molar-refractivity contribution is -0.384. The van der Waals surface area contributed by atoms with E-state index in [1.807, 2.05) is 0 Å². The van der Waals surface area contributed by atoms with Crippen molar-refractivity contribution in [1.29, 1.82) is 0 Å². The Hall–Kier alpha value is -3.60. The van der Waals surface area contributed by atoms with Crippen molar-refractivity contribution in [3.63, 3.8) is 0 Å². The van der Waals surface area contributed by atoms with Crippen LogP contribution in [-0.2, 0) is 13.2 Å². The van der Waals surface area contributed by atoms with E-state index in [1.165, 1.54) is 23.9 Å². The Kier molecular flexibility index (Phi) is 5.89. The minimum atomic E-state index is -4.58. The molecule has 0 unspecified atom stereocenters. The normalized spacial score (nSPS) is 11.3. The molecule has 0 fully saturated rings. The Morgan fingerprint density at radius 1 is 1.23 bits per heavy atom. The number of hydrogen-bond donors (Lipinski definition) is 1. The molecule has 0 radical (unpaired) electrons. The zero-order valence-electron chi connectivity index (χ0n) is 16.0. The second-order valence-electron chi connectivity index (χ2n) is 6.43. The van der Waals surface area contributed by atoms with E-state index in [0.717, 1.165) is 30.3 Å². The highest BCUT2D eigenvalue weighted by molar-refractivity contribution is 6.34. The van der Waals surface area contributed by atoms with E-state index in [1.54, 1.807) is 6.92 Å². The average molecular weight is 455 g/mol. The minimum Gasteiger partial charge on any atom is -0.457 e. The van der Waals surface area contributed by atoms with Crippen LogP contribution in [0.25, 0.3) is 0 Å². The Morgan fingerprint density at radius 3 is 2.52 bits per heavy atom. The van der Waals surface area contributed by atoms with Gasteiger partial charge in [-0.1, -0.05) is 17.7 Å². The van der Waals surface area contributed by atoms with E-state index < -0.39 is 28.3 Å². The third-order valence-corrected chi connectivity index (χ3v) is 4.57. The van der Waals surface area contributed by atoms with Crippen molar-refractivity contribution in [1.82, 2.24) is 9.78 Å². The van der Waals surface area contributed by atoms with E-state index in [2.05, 4.69) is 10.4 Å². The van der Waals surface area contributed by atoms with Crippen LogP contribution >= 0.6 is 11.6 Å². The first-order valence-corrected chi connectivity index (χ1v) is 8.98. The van der Waals surface area contributed by atoms with Gasteiger partial charge >= 0.3 is 6.18 Å². The first-order chi connectivity index (χ1) is 14.5. The number of non-ortho nitro benzene ring substituents is 1. The van der Waals surface area contributed by atoms with Crippen LogP contribution in [-0.4, -0.2) is 20.6 Å². The number of aromatic nitrogens is 2. The smallest absolute Gasteiger partial charge is 0.416 e. The molecular weight excluding hydrogens is 441 g/mol. The van der Waals surface area contributed by atoms with Crippen LogP contribution in [0.3, 0.4) is 0 Å². The largest absolute Gasteiger partial charge is 0.457 e. The summed E-state index contributed by atoms with van der Waals surface area (Å²) in [4.78, 5) is 23.1. The fourth-order valence-electron chi connectivity index (χ4n) is 2.76. The van der Waals surface area contributed by atoms with Gasteiger partial charge in [0, 0.05) is 19.2 Å². The number of ether oxygens (including phenoxy) is 1. The van der Waals surface area contributed by atoms with E-state index in [0.29, 0.717) is 5.69 Å². The first-order valence-electron chi connectivity index (χ1n) is 8.60. The maximum absolute atomic E-state index is 12.9. The number of hydrogen-bond acceptors (Lipinski definition) is 5. The quantitative estimate of drug-likeness (QED) is 0.413. The van der Waals surface area contributed by atoms with Crippen LogP contribution < -0.4 is 10.1 Å². The number of benzene rings is 2. The zero-order valence-corrected chi connectivity index (χ0v) is 16.8. The molecule has 2 aromatic carbocycles. The second kappa shape index (κ2) is 8.26. The summed E-state index contributed by atoms with van der Waals surface area (Å²) in [5.41, 5.74) is -0.943. The lowest BCUT2D eigenvalue weighted by atomic mass is 10.2. The number of nitrogens with one attached hydrogen (secondary N) is 1. The molecule has 1 heterocycles. The summed E-state index contributed by atoms with van der Waals surface area (Å²) in [5.74, 6) is -1.01. The molecule has 0 bridgehead atoms. The van der Waals surface area contributed by atoms with Gasteiger partial charge < -0.3 is 10.1 Å². The molecule has 3 rings (SSSR count). The van der Waals surface area contributed by atoms with E-state index in [4.69, 9.17) is 16.3 Å².